The van der Waals surface area contributed by atoms with Crippen molar-refractivity contribution >= 4 is 11.7 Å². The molecule has 2 fully saturated rings. The van der Waals surface area contributed by atoms with Gasteiger partial charge in [-0.15, -0.1) is 0 Å². The van der Waals surface area contributed by atoms with E-state index in [4.69, 9.17) is 0 Å². The van der Waals surface area contributed by atoms with E-state index in [1.165, 1.54) is 0 Å². The van der Waals surface area contributed by atoms with Crippen LogP contribution >= 0.6 is 0 Å². The third kappa shape index (κ3) is 3.50. The second-order valence-corrected chi connectivity index (χ2v) is 6.09. The summed E-state index contributed by atoms with van der Waals surface area (Å²) >= 11 is 0. The number of nitrogens with zero attached hydrogens (tertiary/aromatic N) is 3. The van der Waals surface area contributed by atoms with Crippen molar-refractivity contribution < 1.29 is 9.90 Å². The quantitative estimate of drug-likeness (QED) is 0.862. The Morgan fingerprint density at radius 2 is 1.82 bits per heavy atom. The summed E-state index contributed by atoms with van der Waals surface area (Å²) in [6, 6.07) is 3.86. The van der Waals surface area contributed by atoms with Crippen molar-refractivity contribution in [3.63, 3.8) is 0 Å². The molecule has 22 heavy (non-hydrogen) atoms. The van der Waals surface area contributed by atoms with Gasteiger partial charge in [0.1, 0.15) is 0 Å². The zero-order chi connectivity index (χ0) is 15.4. The van der Waals surface area contributed by atoms with Crippen molar-refractivity contribution in [1.82, 2.24) is 15.2 Å². The number of aliphatic hydroxyl groups is 1. The Balaban J connectivity index is 1.49. The highest BCUT2D eigenvalue weighted by Crippen LogP contribution is 2.19. The van der Waals surface area contributed by atoms with Crippen molar-refractivity contribution in [3.05, 3.63) is 24.5 Å². The lowest BCUT2D eigenvalue weighted by molar-refractivity contribution is 0.0895. The van der Waals surface area contributed by atoms with Crippen molar-refractivity contribution in [2.45, 2.75) is 37.8 Å². The number of aromatic nitrogens is 1. The fourth-order valence-corrected chi connectivity index (χ4v) is 3.25. The van der Waals surface area contributed by atoms with E-state index in [0.29, 0.717) is 13.1 Å². The SMILES string of the molecule is O=C(NC1CCCCC1O)N1CCN(c2ccncc2)CC1. The number of nitrogens with one attached hydrogen (secondary N) is 1. The molecule has 120 valence electrons. The molecule has 1 aliphatic heterocycles. The molecule has 2 atom stereocenters. The number of amides is 2. The molecule has 0 aromatic carbocycles. The highest BCUT2D eigenvalue weighted by atomic mass is 16.3. The second kappa shape index (κ2) is 6.96. The summed E-state index contributed by atoms with van der Waals surface area (Å²) in [6.45, 7) is 3.06. The van der Waals surface area contributed by atoms with Crippen LogP contribution in [0.5, 0.6) is 0 Å². The average molecular weight is 304 g/mol. The molecule has 3 rings (SSSR count). The van der Waals surface area contributed by atoms with Crippen molar-refractivity contribution in [2.24, 2.45) is 0 Å². The third-order valence-electron chi connectivity index (χ3n) is 4.63. The number of carbonyl (C=O) groups is 1. The summed E-state index contributed by atoms with van der Waals surface area (Å²) in [5.74, 6) is 0. The summed E-state index contributed by atoms with van der Waals surface area (Å²) in [4.78, 5) is 20.5. The largest absolute Gasteiger partial charge is 0.391 e. The summed E-state index contributed by atoms with van der Waals surface area (Å²) in [7, 11) is 0. The van der Waals surface area contributed by atoms with E-state index < -0.39 is 6.10 Å². The first-order valence-corrected chi connectivity index (χ1v) is 8.12. The first kappa shape index (κ1) is 15.1. The smallest absolute Gasteiger partial charge is 0.317 e. The zero-order valence-corrected chi connectivity index (χ0v) is 12.8. The Morgan fingerprint density at radius 1 is 1.14 bits per heavy atom. The van der Waals surface area contributed by atoms with Gasteiger partial charge in [0, 0.05) is 44.3 Å². The van der Waals surface area contributed by atoms with Crippen molar-refractivity contribution in [1.29, 1.82) is 0 Å². The maximum atomic E-state index is 12.3. The summed E-state index contributed by atoms with van der Waals surface area (Å²) in [5.41, 5.74) is 1.15. The summed E-state index contributed by atoms with van der Waals surface area (Å²) < 4.78 is 0. The molecular weight excluding hydrogens is 280 g/mol. The lowest BCUT2D eigenvalue weighted by Crippen LogP contribution is -2.55. The van der Waals surface area contributed by atoms with E-state index >= 15 is 0 Å². The molecule has 6 heteroatoms. The van der Waals surface area contributed by atoms with Crippen LogP contribution in [0.3, 0.4) is 0 Å². The molecule has 2 N–H and O–H groups in total. The van der Waals surface area contributed by atoms with E-state index in [0.717, 1.165) is 44.5 Å². The van der Waals surface area contributed by atoms with Crippen LogP contribution in [-0.4, -0.2) is 59.3 Å². The molecule has 2 unspecified atom stereocenters. The number of urea groups is 1. The van der Waals surface area contributed by atoms with Gasteiger partial charge in [0.25, 0.3) is 0 Å². The molecule has 1 saturated heterocycles. The summed E-state index contributed by atoms with van der Waals surface area (Å²) in [6.07, 6.45) is 6.99. The molecule has 1 aromatic rings. The number of carbonyl (C=O) groups excluding carboxylic acids is 1. The number of aliphatic hydroxyl groups excluding tert-OH is 1. The van der Waals surface area contributed by atoms with E-state index in [1.54, 1.807) is 12.4 Å². The molecule has 6 nitrogen and oxygen atoms in total. The first-order valence-electron chi connectivity index (χ1n) is 8.12. The number of rotatable bonds is 2. The van der Waals surface area contributed by atoms with E-state index in [2.05, 4.69) is 15.2 Å². The van der Waals surface area contributed by atoms with Gasteiger partial charge in [-0.2, -0.15) is 0 Å². The van der Waals surface area contributed by atoms with Gasteiger partial charge in [0.15, 0.2) is 0 Å². The normalized spacial score (nSPS) is 25.9. The number of hydrogen-bond donors (Lipinski definition) is 2. The zero-order valence-electron chi connectivity index (χ0n) is 12.8. The Hall–Kier alpha value is -1.82. The first-order chi connectivity index (χ1) is 10.7. The number of pyridine rings is 1. The Bertz CT molecular complexity index is 488. The molecule has 2 heterocycles. The minimum Gasteiger partial charge on any atom is -0.391 e. The van der Waals surface area contributed by atoms with Gasteiger partial charge < -0.3 is 20.2 Å². The van der Waals surface area contributed by atoms with Gasteiger partial charge in [0.05, 0.1) is 12.1 Å². The minimum atomic E-state index is -0.393. The van der Waals surface area contributed by atoms with Crippen molar-refractivity contribution in [2.75, 3.05) is 31.1 Å². The molecule has 0 bridgehead atoms. The third-order valence-corrected chi connectivity index (χ3v) is 4.63. The molecule has 2 aliphatic rings. The average Bonchev–Trinajstić information content (AvgIpc) is 2.58. The van der Waals surface area contributed by atoms with Crippen LogP contribution in [0.25, 0.3) is 0 Å². The number of piperazine rings is 1. The fraction of sp³-hybridized carbons (Fsp3) is 0.625. The van der Waals surface area contributed by atoms with Crippen LogP contribution in [0, 0.1) is 0 Å². The molecular formula is C16H24N4O2. The van der Waals surface area contributed by atoms with Crippen LogP contribution in [0.4, 0.5) is 10.5 Å². The monoisotopic (exact) mass is 304 g/mol. The fourth-order valence-electron chi connectivity index (χ4n) is 3.25. The molecule has 1 aliphatic carbocycles. The van der Waals surface area contributed by atoms with E-state index in [-0.39, 0.29) is 12.1 Å². The molecule has 1 aromatic heterocycles. The lowest BCUT2D eigenvalue weighted by Gasteiger charge is -2.37. The molecule has 1 saturated carbocycles. The molecule has 0 radical (unpaired) electrons. The topological polar surface area (TPSA) is 68.7 Å². The van der Waals surface area contributed by atoms with Crippen LogP contribution in [0.2, 0.25) is 0 Å². The van der Waals surface area contributed by atoms with Gasteiger partial charge in [-0.3, -0.25) is 4.98 Å². The number of hydrogen-bond acceptors (Lipinski definition) is 4. The number of anilines is 1. The van der Waals surface area contributed by atoms with Gasteiger partial charge >= 0.3 is 6.03 Å². The van der Waals surface area contributed by atoms with E-state index in [1.807, 2.05) is 17.0 Å². The molecule has 0 spiro atoms. The van der Waals surface area contributed by atoms with Crippen LogP contribution in [0.1, 0.15) is 25.7 Å². The maximum absolute atomic E-state index is 12.3. The maximum Gasteiger partial charge on any atom is 0.317 e. The van der Waals surface area contributed by atoms with Gasteiger partial charge in [-0.05, 0) is 25.0 Å². The van der Waals surface area contributed by atoms with E-state index in [9.17, 15) is 9.90 Å². The lowest BCUT2D eigenvalue weighted by atomic mass is 9.93. The van der Waals surface area contributed by atoms with Gasteiger partial charge in [0.2, 0.25) is 0 Å². The Labute approximate surface area is 131 Å². The van der Waals surface area contributed by atoms with Crippen LogP contribution in [0.15, 0.2) is 24.5 Å². The Morgan fingerprint density at radius 3 is 2.50 bits per heavy atom. The second-order valence-electron chi connectivity index (χ2n) is 6.09. The van der Waals surface area contributed by atoms with Crippen LogP contribution < -0.4 is 10.2 Å². The highest BCUT2D eigenvalue weighted by molar-refractivity contribution is 5.75. The highest BCUT2D eigenvalue weighted by Gasteiger charge is 2.27. The Kier molecular flexibility index (Phi) is 4.77. The van der Waals surface area contributed by atoms with Gasteiger partial charge in [-0.25, -0.2) is 4.79 Å². The predicted octanol–water partition coefficient (Wildman–Crippen LogP) is 1.22. The molecule has 2 amide bonds. The van der Waals surface area contributed by atoms with Crippen LogP contribution in [-0.2, 0) is 0 Å². The van der Waals surface area contributed by atoms with Gasteiger partial charge in [-0.1, -0.05) is 12.8 Å². The standard InChI is InChI=1S/C16H24N4O2/c21-15-4-2-1-3-14(15)18-16(22)20-11-9-19(10-12-20)13-5-7-17-8-6-13/h5-8,14-15,21H,1-4,9-12H2,(H,18,22). The summed E-state index contributed by atoms with van der Waals surface area (Å²) in [5, 5.41) is 13.0. The predicted molar refractivity (Wildman–Crippen MR) is 84.8 cm³/mol. The minimum absolute atomic E-state index is 0.0414. The van der Waals surface area contributed by atoms with Crippen molar-refractivity contribution in [3.8, 4) is 0 Å².